The first-order valence-corrected chi connectivity index (χ1v) is 17.9. The quantitative estimate of drug-likeness (QED) is 0.157. The minimum absolute atomic E-state index is 0. The van der Waals surface area contributed by atoms with Gasteiger partial charge in [0.05, 0.1) is 0 Å². The molecule has 0 bridgehead atoms. The molecule has 0 unspecified atom stereocenters. The maximum atomic E-state index is 3.34. The smallest absolute Gasteiger partial charge is 0.358 e. The van der Waals surface area contributed by atoms with Crippen LogP contribution in [0.25, 0.3) is 43.8 Å². The van der Waals surface area contributed by atoms with E-state index in [1.54, 1.807) is 0 Å². The summed E-state index contributed by atoms with van der Waals surface area (Å²) in [5, 5.41) is 5.47. The summed E-state index contributed by atoms with van der Waals surface area (Å²) < 4.78 is 3.34. The summed E-state index contributed by atoms with van der Waals surface area (Å²) in [6.07, 6.45) is 0. The molecular formula is C46H58Cl2Zr-4. The molecule has 0 aliphatic heterocycles. The van der Waals surface area contributed by atoms with Gasteiger partial charge in [-0.15, -0.1) is 93.4 Å². The summed E-state index contributed by atoms with van der Waals surface area (Å²) in [5.74, 6) is 0.573. The fraction of sp³-hybridized carbons (Fsp3) is 0.283. The molecule has 0 heterocycles. The monoisotopic (exact) mass is 770 g/mol. The van der Waals surface area contributed by atoms with Gasteiger partial charge in [0.2, 0.25) is 0 Å². The first-order chi connectivity index (χ1) is 21.2. The van der Waals surface area contributed by atoms with E-state index >= 15 is 0 Å². The van der Waals surface area contributed by atoms with Gasteiger partial charge in [-0.2, -0.15) is 12.1 Å². The van der Waals surface area contributed by atoms with E-state index in [9.17, 15) is 0 Å². The molecule has 0 fully saturated rings. The van der Waals surface area contributed by atoms with Gasteiger partial charge in [-0.05, 0) is 39.0 Å². The zero-order valence-electron chi connectivity index (χ0n) is 31.9. The molecule has 0 amide bonds. The second-order valence-corrected chi connectivity index (χ2v) is 14.7. The Kier molecular flexibility index (Phi) is 18.2. The summed E-state index contributed by atoms with van der Waals surface area (Å²) in [7, 11) is 0. The van der Waals surface area contributed by atoms with Crippen LogP contribution in [0.15, 0.2) is 103 Å². The predicted molar refractivity (Wildman–Crippen MR) is 225 cm³/mol. The van der Waals surface area contributed by atoms with E-state index in [2.05, 4.69) is 177 Å². The molecule has 0 aliphatic rings. The number of benzene rings is 4. The Hall–Kier alpha value is -2.57. The van der Waals surface area contributed by atoms with Crippen LogP contribution in [0, 0.1) is 28.7 Å². The fourth-order valence-corrected chi connectivity index (χ4v) is 5.98. The zero-order chi connectivity index (χ0) is 33.1. The summed E-state index contributed by atoms with van der Waals surface area (Å²) in [5.41, 5.74) is 12.6. The maximum absolute atomic E-state index is 3.34. The number of halogens is 2. The van der Waals surface area contributed by atoms with E-state index in [0.29, 0.717) is 5.92 Å². The van der Waals surface area contributed by atoms with Crippen molar-refractivity contribution in [3.05, 3.63) is 146 Å². The molecule has 0 N–H and O–H groups in total. The molecule has 6 aromatic carbocycles. The Balaban J connectivity index is 0.000000831. The molecule has 0 saturated heterocycles. The number of hydrogen-bond donors (Lipinski definition) is 0. The third-order valence-electron chi connectivity index (χ3n) is 8.81. The molecule has 0 saturated carbocycles. The summed E-state index contributed by atoms with van der Waals surface area (Å²) in [6.45, 7) is 22.4. The van der Waals surface area contributed by atoms with Crippen LogP contribution in [0.1, 0.15) is 89.1 Å². The van der Waals surface area contributed by atoms with Crippen molar-refractivity contribution in [1.82, 2.24) is 0 Å². The van der Waals surface area contributed by atoms with E-state index in [4.69, 9.17) is 0 Å². The Labute approximate surface area is 326 Å². The maximum Gasteiger partial charge on any atom is -0.358 e. The Morgan fingerprint density at radius 2 is 1.06 bits per heavy atom. The van der Waals surface area contributed by atoms with Crippen molar-refractivity contribution in [2.45, 2.75) is 86.0 Å². The molecular weight excluding hydrogens is 715 g/mol. The van der Waals surface area contributed by atoms with Gasteiger partial charge < -0.3 is 14.9 Å². The van der Waals surface area contributed by atoms with Crippen LogP contribution < -0.4 is 0 Å². The van der Waals surface area contributed by atoms with Crippen molar-refractivity contribution < 1.29 is 24.2 Å². The first-order valence-electron chi connectivity index (χ1n) is 16.2. The largest absolute Gasteiger partial charge is 0.358 e. The average Bonchev–Trinajstić information content (AvgIpc) is 3.62. The van der Waals surface area contributed by atoms with Crippen LogP contribution in [-0.2, 0) is 35.1 Å². The van der Waals surface area contributed by atoms with E-state index < -0.39 is 0 Å². The van der Waals surface area contributed by atoms with Gasteiger partial charge in [-0.25, -0.2) is 0 Å². The standard InChI is InChI=1S/C22H25.C21H23.2CH3.CH2.2ClH.Zr/c1-15(2)18-13-17-7-6-8-20(21(17)14-18)16-9-11-19(12-10-16)22(3,4)5;1-14-12-19-15(2)6-11-18(20(19)13-14)16-7-9-17(10-8-16)21(3,4)5;;;;;;/h6-15H,1-5H3;6-13H,1-5H3;2*1H3;1H2;2*1H;/q4*-1;;;;. The van der Waals surface area contributed by atoms with Gasteiger partial charge in [0.25, 0.3) is 0 Å². The fourth-order valence-electron chi connectivity index (χ4n) is 5.98. The van der Waals surface area contributed by atoms with Gasteiger partial charge in [0, 0.05) is 0 Å². The molecule has 6 rings (SSSR count). The van der Waals surface area contributed by atoms with Crippen molar-refractivity contribution >= 4 is 50.6 Å². The third kappa shape index (κ3) is 11.0. The molecule has 3 heteroatoms. The van der Waals surface area contributed by atoms with Crippen molar-refractivity contribution in [2.75, 3.05) is 0 Å². The second-order valence-electron chi connectivity index (χ2n) is 14.7. The number of hydrogen-bond acceptors (Lipinski definition) is 0. The SMILES string of the molecule is CC(C)c1cc2c(-c3ccc(C(C)(C)C)cc3)cccc2[cH-]1.Cc1cc2c(-c3ccc(C(C)(C)C)cc3)ccc(C)c2[cH-]1.Cl.Cl.[CH2]=[Zr].[CH3-].[CH3-]. The predicted octanol–water partition coefficient (Wildman–Crippen LogP) is 14.5. The topological polar surface area (TPSA) is 0 Å². The molecule has 6 aromatic rings. The number of rotatable bonds is 3. The van der Waals surface area contributed by atoms with Crippen LogP contribution in [-0.4, -0.2) is 4.21 Å². The molecule has 0 atom stereocenters. The van der Waals surface area contributed by atoms with E-state index in [1.165, 1.54) is 95.9 Å². The van der Waals surface area contributed by atoms with Crippen molar-refractivity contribution in [2.24, 2.45) is 0 Å². The summed E-state index contributed by atoms with van der Waals surface area (Å²) in [4.78, 5) is 0. The molecule has 0 radical (unpaired) electrons. The Bertz CT molecular complexity index is 1870. The van der Waals surface area contributed by atoms with Crippen molar-refractivity contribution in [3.8, 4) is 22.3 Å². The first kappa shape index (κ1) is 46.4. The minimum atomic E-state index is 0. The number of aryl methyl sites for hydroxylation is 2. The molecule has 0 aromatic heterocycles. The van der Waals surface area contributed by atoms with Gasteiger partial charge in [0.1, 0.15) is 0 Å². The van der Waals surface area contributed by atoms with Crippen molar-refractivity contribution in [1.29, 1.82) is 0 Å². The van der Waals surface area contributed by atoms with Gasteiger partial charge >= 0.3 is 28.4 Å². The molecule has 0 spiro atoms. The van der Waals surface area contributed by atoms with Gasteiger partial charge in [-0.3, -0.25) is 0 Å². The zero-order valence-corrected chi connectivity index (χ0v) is 36.0. The molecule has 49 heavy (non-hydrogen) atoms. The van der Waals surface area contributed by atoms with E-state index in [0.717, 1.165) is 0 Å². The normalized spacial score (nSPS) is 10.7. The van der Waals surface area contributed by atoms with Crippen LogP contribution in [0.5, 0.6) is 0 Å². The van der Waals surface area contributed by atoms with Crippen LogP contribution in [0.2, 0.25) is 0 Å². The number of fused-ring (bicyclic) bond motifs is 2. The van der Waals surface area contributed by atoms with E-state index in [-0.39, 0.29) is 50.5 Å². The Morgan fingerprint density at radius 3 is 1.51 bits per heavy atom. The summed E-state index contributed by atoms with van der Waals surface area (Å²) in [6, 6.07) is 38.5. The second kappa shape index (κ2) is 19.2. The van der Waals surface area contributed by atoms with Crippen LogP contribution in [0.4, 0.5) is 0 Å². The van der Waals surface area contributed by atoms with Crippen LogP contribution >= 0.6 is 24.8 Å². The molecule has 264 valence electrons. The van der Waals surface area contributed by atoms with Gasteiger partial charge in [-0.1, -0.05) is 141 Å². The van der Waals surface area contributed by atoms with Gasteiger partial charge in [0.15, 0.2) is 0 Å². The minimum Gasteiger partial charge on any atom is -0.358 e. The van der Waals surface area contributed by atoms with E-state index in [1.807, 2.05) is 0 Å². The summed E-state index contributed by atoms with van der Waals surface area (Å²) >= 11 is 1.30. The Morgan fingerprint density at radius 1 is 0.592 bits per heavy atom. The van der Waals surface area contributed by atoms with Crippen molar-refractivity contribution in [3.63, 3.8) is 0 Å². The molecule has 0 nitrogen and oxygen atoms in total. The molecule has 0 aliphatic carbocycles. The average molecular weight is 773 g/mol. The van der Waals surface area contributed by atoms with Crippen LogP contribution in [0.3, 0.4) is 0 Å². The third-order valence-corrected chi connectivity index (χ3v) is 8.81.